The van der Waals surface area contributed by atoms with E-state index in [-0.39, 0.29) is 17.8 Å². The second kappa shape index (κ2) is 14.5. The van der Waals surface area contributed by atoms with E-state index in [4.69, 9.17) is 4.74 Å². The number of methoxy groups -OCH3 is 1. The number of rotatable bonds is 11. The van der Waals surface area contributed by atoms with Crippen LogP contribution in [0.1, 0.15) is 84.9 Å². The summed E-state index contributed by atoms with van der Waals surface area (Å²) in [6.07, 6.45) is 5.53. The molecule has 2 amide bonds. The van der Waals surface area contributed by atoms with E-state index in [9.17, 15) is 14.4 Å². The van der Waals surface area contributed by atoms with Gasteiger partial charge < -0.3 is 20.7 Å². The van der Waals surface area contributed by atoms with Gasteiger partial charge in [0.05, 0.1) is 18.2 Å². The smallest absolute Gasteiger partial charge is 0.337 e. The molecule has 0 radical (unpaired) electrons. The highest BCUT2D eigenvalue weighted by Crippen LogP contribution is 2.39. The van der Waals surface area contributed by atoms with Crippen molar-refractivity contribution in [2.75, 3.05) is 17.7 Å². The van der Waals surface area contributed by atoms with E-state index < -0.39 is 0 Å². The third kappa shape index (κ3) is 7.81. The molecule has 1 aliphatic carbocycles. The summed E-state index contributed by atoms with van der Waals surface area (Å²) in [6.45, 7) is 4.86. The van der Waals surface area contributed by atoms with Gasteiger partial charge in [0.25, 0.3) is 11.8 Å². The van der Waals surface area contributed by atoms with Gasteiger partial charge in [0.1, 0.15) is 5.00 Å². The summed E-state index contributed by atoms with van der Waals surface area (Å²) in [5, 5.41) is 10.1. The van der Waals surface area contributed by atoms with Crippen LogP contribution in [0.4, 0.5) is 10.7 Å². The van der Waals surface area contributed by atoms with E-state index in [0.29, 0.717) is 40.0 Å². The summed E-state index contributed by atoms with van der Waals surface area (Å²) in [7, 11) is 1.38. The van der Waals surface area contributed by atoms with Gasteiger partial charge in [-0.15, -0.1) is 11.3 Å². The number of anilines is 2. The maximum atomic E-state index is 13.7. The zero-order chi connectivity index (χ0) is 31.1. The van der Waals surface area contributed by atoms with Crippen LogP contribution in [-0.4, -0.2) is 30.9 Å². The van der Waals surface area contributed by atoms with Crippen LogP contribution in [0.25, 0.3) is 0 Å². The number of amides is 2. The summed E-state index contributed by atoms with van der Waals surface area (Å²) in [4.78, 5) is 39.9. The number of esters is 1. The fourth-order valence-corrected chi connectivity index (χ4v) is 6.66. The summed E-state index contributed by atoms with van der Waals surface area (Å²) in [5.74, 6) is -0.756. The molecule has 1 aromatic heterocycles. The molecule has 0 fully saturated rings. The van der Waals surface area contributed by atoms with Gasteiger partial charge in [-0.25, -0.2) is 4.79 Å². The Morgan fingerprint density at radius 2 is 1.48 bits per heavy atom. The average Bonchev–Trinajstić information content (AvgIpc) is 3.41. The van der Waals surface area contributed by atoms with Crippen molar-refractivity contribution in [2.45, 2.75) is 65.0 Å². The number of fused-ring (bicyclic) bond motifs is 1. The molecule has 0 unspecified atom stereocenters. The monoisotopic (exact) mass is 609 g/mol. The Labute approximate surface area is 263 Å². The zero-order valence-corrected chi connectivity index (χ0v) is 26.3. The molecule has 0 aliphatic heterocycles. The topological polar surface area (TPSA) is 96.5 Å². The Morgan fingerprint density at radius 3 is 2.16 bits per heavy atom. The fourth-order valence-electron chi connectivity index (χ4n) is 5.38. The van der Waals surface area contributed by atoms with Gasteiger partial charge in [-0.2, -0.15) is 0 Å². The molecule has 0 bridgehead atoms. The van der Waals surface area contributed by atoms with Crippen LogP contribution in [0.3, 0.4) is 0 Å². The Hall–Kier alpha value is -4.27. The highest BCUT2D eigenvalue weighted by atomic mass is 32.1. The first-order chi connectivity index (χ1) is 21.3. The molecule has 0 atom stereocenters. The van der Waals surface area contributed by atoms with E-state index >= 15 is 0 Å². The highest BCUT2D eigenvalue weighted by molar-refractivity contribution is 7.17. The highest BCUT2D eigenvalue weighted by Gasteiger charge is 2.27. The predicted molar refractivity (Wildman–Crippen MR) is 177 cm³/mol. The lowest BCUT2D eigenvalue weighted by Crippen LogP contribution is -2.22. The number of benzene rings is 3. The van der Waals surface area contributed by atoms with E-state index in [1.54, 1.807) is 18.2 Å². The molecular formula is C36H39N3O4S. The van der Waals surface area contributed by atoms with Crippen LogP contribution in [0.5, 0.6) is 0 Å². The molecule has 0 saturated carbocycles. The summed E-state index contributed by atoms with van der Waals surface area (Å²) in [5.41, 5.74) is 6.76. The van der Waals surface area contributed by atoms with Crippen LogP contribution in [0.15, 0.2) is 72.8 Å². The predicted octanol–water partition coefficient (Wildman–Crippen LogP) is 7.20. The van der Waals surface area contributed by atoms with Gasteiger partial charge in [-0.1, -0.05) is 50.2 Å². The van der Waals surface area contributed by atoms with Crippen molar-refractivity contribution in [3.63, 3.8) is 0 Å². The quantitative estimate of drug-likeness (QED) is 0.156. The lowest BCUT2D eigenvalue weighted by atomic mass is 9.95. The molecule has 0 saturated heterocycles. The third-order valence-electron chi connectivity index (χ3n) is 7.82. The molecule has 0 spiro atoms. The summed E-state index contributed by atoms with van der Waals surface area (Å²) < 4.78 is 4.77. The standard InChI is InChI=1S/C36H39N3O4S/c1-23(2)37-22-26-7-6-8-28(21-26)33(40)39-35-32(30-9-4-5-10-31(30)44-35)34(41)38-29-19-15-25(16-20-29)12-11-24-13-17-27(18-14-24)36(42)43-3/h6-8,13-21,23,37H,4-5,9-12,22H2,1-3H3,(H,38,41)(H,39,40). The summed E-state index contributed by atoms with van der Waals surface area (Å²) >= 11 is 1.52. The Kier molecular flexibility index (Phi) is 10.2. The molecule has 8 heteroatoms. The number of nitrogens with one attached hydrogen (secondary N) is 3. The normalized spacial score (nSPS) is 12.5. The van der Waals surface area contributed by atoms with Crippen molar-refractivity contribution >= 4 is 39.8 Å². The second-order valence-electron chi connectivity index (χ2n) is 11.4. The van der Waals surface area contributed by atoms with Gasteiger partial charge in [-0.3, -0.25) is 9.59 Å². The minimum absolute atomic E-state index is 0.201. The van der Waals surface area contributed by atoms with Crippen LogP contribution < -0.4 is 16.0 Å². The largest absolute Gasteiger partial charge is 0.465 e. The number of aryl methyl sites for hydroxylation is 3. The van der Waals surface area contributed by atoms with E-state index in [2.05, 4.69) is 29.8 Å². The van der Waals surface area contributed by atoms with Crippen LogP contribution in [-0.2, 0) is 37.0 Å². The van der Waals surface area contributed by atoms with Crippen molar-refractivity contribution < 1.29 is 19.1 Å². The Balaban J connectivity index is 1.25. The molecule has 44 heavy (non-hydrogen) atoms. The molecule has 5 rings (SSSR count). The molecule has 4 aromatic rings. The number of thiophene rings is 1. The lowest BCUT2D eigenvalue weighted by Gasteiger charge is -2.14. The minimum Gasteiger partial charge on any atom is -0.465 e. The van der Waals surface area contributed by atoms with Crippen molar-refractivity contribution in [3.8, 4) is 0 Å². The van der Waals surface area contributed by atoms with Crippen molar-refractivity contribution in [2.24, 2.45) is 0 Å². The van der Waals surface area contributed by atoms with Crippen LogP contribution in [0, 0.1) is 0 Å². The van der Waals surface area contributed by atoms with E-state index in [1.165, 1.54) is 23.3 Å². The van der Waals surface area contributed by atoms with Gasteiger partial charge in [0.2, 0.25) is 0 Å². The summed E-state index contributed by atoms with van der Waals surface area (Å²) in [6, 6.07) is 23.3. The number of hydrogen-bond donors (Lipinski definition) is 3. The molecule has 1 heterocycles. The fraction of sp³-hybridized carbons (Fsp3) is 0.306. The Bertz CT molecular complexity index is 1620. The second-order valence-corrected chi connectivity index (χ2v) is 12.5. The van der Waals surface area contributed by atoms with Crippen molar-refractivity contribution in [3.05, 3.63) is 117 Å². The third-order valence-corrected chi connectivity index (χ3v) is 9.03. The zero-order valence-electron chi connectivity index (χ0n) is 25.5. The van der Waals surface area contributed by atoms with Crippen molar-refractivity contribution in [1.82, 2.24) is 5.32 Å². The van der Waals surface area contributed by atoms with Crippen LogP contribution in [0.2, 0.25) is 0 Å². The van der Waals surface area contributed by atoms with Gasteiger partial charge in [0, 0.05) is 28.7 Å². The first-order valence-electron chi connectivity index (χ1n) is 15.2. The number of carbonyl (C=O) groups is 3. The van der Waals surface area contributed by atoms with E-state index in [1.807, 2.05) is 54.6 Å². The SMILES string of the molecule is COC(=O)c1ccc(CCc2ccc(NC(=O)c3c(NC(=O)c4cccc(CNC(C)C)c4)sc4c3CCCC4)cc2)cc1. The van der Waals surface area contributed by atoms with Gasteiger partial charge in [-0.05, 0) is 97.2 Å². The molecular weight excluding hydrogens is 570 g/mol. The first-order valence-corrected chi connectivity index (χ1v) is 16.0. The van der Waals surface area contributed by atoms with Gasteiger partial charge in [0.15, 0.2) is 0 Å². The van der Waals surface area contributed by atoms with Crippen LogP contribution >= 0.6 is 11.3 Å². The number of carbonyl (C=O) groups excluding carboxylic acids is 3. The maximum absolute atomic E-state index is 13.7. The number of hydrogen-bond acceptors (Lipinski definition) is 6. The first kappa shape index (κ1) is 31.2. The Morgan fingerprint density at radius 1 is 0.795 bits per heavy atom. The minimum atomic E-state index is -0.341. The van der Waals surface area contributed by atoms with Gasteiger partial charge >= 0.3 is 5.97 Å². The average molecular weight is 610 g/mol. The van der Waals surface area contributed by atoms with Crippen molar-refractivity contribution in [1.29, 1.82) is 0 Å². The molecule has 3 N–H and O–H groups in total. The molecule has 7 nitrogen and oxygen atoms in total. The molecule has 228 valence electrons. The number of ether oxygens (including phenoxy) is 1. The molecule has 3 aromatic carbocycles. The maximum Gasteiger partial charge on any atom is 0.337 e. The molecule has 1 aliphatic rings. The van der Waals surface area contributed by atoms with E-state index in [0.717, 1.165) is 60.8 Å². The lowest BCUT2D eigenvalue weighted by molar-refractivity contribution is 0.0600.